The van der Waals surface area contributed by atoms with Crippen molar-refractivity contribution in [3.63, 3.8) is 0 Å². The van der Waals surface area contributed by atoms with Crippen LogP contribution in [-0.4, -0.2) is 54.5 Å². The number of benzene rings is 1. The molecule has 9 heteroatoms. The third-order valence-electron chi connectivity index (χ3n) is 6.27. The largest absolute Gasteiger partial charge is 0.480 e. The van der Waals surface area contributed by atoms with Crippen LogP contribution in [0.1, 0.15) is 69.8 Å². The van der Waals surface area contributed by atoms with Crippen LogP contribution in [0, 0.1) is 0 Å². The van der Waals surface area contributed by atoms with E-state index in [9.17, 15) is 14.4 Å². The maximum atomic E-state index is 11.6. The zero-order valence-electron chi connectivity index (χ0n) is 21.1. The van der Waals surface area contributed by atoms with Gasteiger partial charge in [-0.25, -0.2) is 14.4 Å². The monoisotopic (exact) mass is 503 g/mol. The fourth-order valence-electron chi connectivity index (χ4n) is 4.35. The number of rotatable bonds is 10. The molecule has 2 aliphatic carbocycles. The lowest BCUT2D eigenvalue weighted by atomic mass is 9.91. The molecule has 2 amide bonds. The van der Waals surface area contributed by atoms with Gasteiger partial charge < -0.3 is 30.5 Å². The molecule has 3 rings (SSSR count). The molecule has 0 saturated heterocycles. The number of carbonyl (C=O) groups excluding carboxylic acids is 2. The summed E-state index contributed by atoms with van der Waals surface area (Å²) in [5.41, 5.74) is 0.764. The Morgan fingerprint density at radius 3 is 2.03 bits per heavy atom. The number of hydrogen-bond acceptors (Lipinski definition) is 6. The number of alkyl carbamates (subject to hydrolysis) is 2. The fraction of sp³-hybridized carbons (Fsp3) is 0.593. The Morgan fingerprint density at radius 1 is 0.917 bits per heavy atom. The highest BCUT2D eigenvalue weighted by molar-refractivity contribution is 5.80. The van der Waals surface area contributed by atoms with Gasteiger partial charge in [0.2, 0.25) is 0 Å². The molecule has 2 fully saturated rings. The number of aliphatic carboxylic acids is 1. The average molecular weight is 504 g/mol. The van der Waals surface area contributed by atoms with Crippen LogP contribution < -0.4 is 16.0 Å². The molecule has 36 heavy (non-hydrogen) atoms. The molecule has 2 aliphatic rings. The normalized spacial score (nSPS) is 17.0. The molecule has 1 atom stereocenters. The van der Waals surface area contributed by atoms with E-state index < -0.39 is 24.2 Å². The molecule has 4 N–H and O–H groups in total. The third kappa shape index (κ3) is 12.6. The first-order valence-electron chi connectivity index (χ1n) is 13.0. The molecule has 0 bridgehead atoms. The summed E-state index contributed by atoms with van der Waals surface area (Å²) in [6.45, 7) is 3.03. The lowest BCUT2D eigenvalue weighted by molar-refractivity contribution is -0.139. The van der Waals surface area contributed by atoms with Crippen molar-refractivity contribution >= 4 is 18.2 Å². The zero-order chi connectivity index (χ0) is 26.0. The van der Waals surface area contributed by atoms with Crippen molar-refractivity contribution in [2.24, 2.45) is 0 Å². The van der Waals surface area contributed by atoms with Crippen LogP contribution in [0.4, 0.5) is 9.59 Å². The number of carboxylic acid groups (broad SMARTS) is 1. The van der Waals surface area contributed by atoms with Gasteiger partial charge in [-0.15, -0.1) is 0 Å². The minimum atomic E-state index is -1.34. The van der Waals surface area contributed by atoms with Gasteiger partial charge in [0.15, 0.2) is 0 Å². The molecule has 2 saturated carbocycles. The second-order valence-corrected chi connectivity index (χ2v) is 9.20. The van der Waals surface area contributed by atoms with Crippen molar-refractivity contribution in [1.29, 1.82) is 0 Å². The summed E-state index contributed by atoms with van der Waals surface area (Å²) in [5, 5.41) is 17.2. The predicted molar refractivity (Wildman–Crippen MR) is 138 cm³/mol. The van der Waals surface area contributed by atoms with Crippen molar-refractivity contribution in [3.8, 4) is 0 Å². The minimum absolute atomic E-state index is 0.00385. The molecule has 200 valence electrons. The maximum absolute atomic E-state index is 11.6. The molecule has 9 nitrogen and oxygen atoms in total. The second kappa shape index (κ2) is 17.4. The van der Waals surface area contributed by atoms with Crippen LogP contribution in [0.15, 0.2) is 43.0 Å². The van der Waals surface area contributed by atoms with E-state index >= 15 is 0 Å². The zero-order valence-corrected chi connectivity index (χ0v) is 21.1. The lowest BCUT2D eigenvalue weighted by Crippen LogP contribution is -2.48. The average Bonchev–Trinajstić information content (AvgIpc) is 2.90. The first kappa shape index (κ1) is 29.2. The first-order valence-corrected chi connectivity index (χ1v) is 13.0. The van der Waals surface area contributed by atoms with E-state index in [4.69, 9.17) is 9.84 Å². The predicted octanol–water partition coefficient (Wildman–Crippen LogP) is 4.52. The van der Waals surface area contributed by atoms with Crippen molar-refractivity contribution < 1.29 is 29.0 Å². The Morgan fingerprint density at radius 2 is 1.50 bits per heavy atom. The van der Waals surface area contributed by atoms with Crippen molar-refractivity contribution in [3.05, 3.63) is 48.6 Å². The van der Waals surface area contributed by atoms with Crippen molar-refractivity contribution in [2.45, 2.75) is 88.9 Å². The quantitative estimate of drug-likeness (QED) is 0.346. The van der Waals surface area contributed by atoms with Gasteiger partial charge in [0.05, 0.1) is 6.54 Å². The van der Waals surface area contributed by atoms with Crippen molar-refractivity contribution in [2.75, 3.05) is 13.2 Å². The molecule has 0 heterocycles. The van der Waals surface area contributed by atoms with Crippen LogP contribution in [0.3, 0.4) is 0 Å². The van der Waals surface area contributed by atoms with E-state index in [1.54, 1.807) is 24.3 Å². The van der Waals surface area contributed by atoms with Gasteiger partial charge in [-0.2, -0.15) is 0 Å². The molecule has 0 aromatic heterocycles. The Bertz CT molecular complexity index is 776. The van der Waals surface area contributed by atoms with Crippen LogP contribution in [0.2, 0.25) is 0 Å². The second-order valence-electron chi connectivity index (χ2n) is 9.20. The summed E-state index contributed by atoms with van der Waals surface area (Å²) >= 11 is 0. The molecular weight excluding hydrogens is 462 g/mol. The standard InChI is InChI=1S/C15H18N2O6.C12H23N/c1-2-8-22-14(20)16-9-12(13(18)19)17-15(21)23-10-11-6-4-3-5-7-11;1-3-7-11(8-4-1)13-12-9-5-2-6-10-12/h2-7,12H,1,8-10H2,(H,16,20)(H,17,21)(H,18,19);11-13H,1-10H2/t12-;/m1./s1. The number of amides is 2. The van der Waals surface area contributed by atoms with Gasteiger partial charge in [0.1, 0.15) is 19.3 Å². The van der Waals surface area contributed by atoms with Crippen LogP contribution in [0.5, 0.6) is 0 Å². The molecule has 0 unspecified atom stereocenters. The maximum Gasteiger partial charge on any atom is 0.408 e. The highest BCUT2D eigenvalue weighted by Crippen LogP contribution is 2.22. The van der Waals surface area contributed by atoms with Gasteiger partial charge in [-0.1, -0.05) is 81.5 Å². The topological polar surface area (TPSA) is 126 Å². The van der Waals surface area contributed by atoms with E-state index in [-0.39, 0.29) is 19.8 Å². The number of nitrogens with one attached hydrogen (secondary N) is 3. The Balaban J connectivity index is 0.000000293. The summed E-state index contributed by atoms with van der Waals surface area (Å²) in [6.07, 6.45) is 14.2. The van der Waals surface area contributed by atoms with E-state index in [1.165, 1.54) is 70.3 Å². The van der Waals surface area contributed by atoms with E-state index in [0.717, 1.165) is 17.6 Å². The van der Waals surface area contributed by atoms with Crippen molar-refractivity contribution in [1.82, 2.24) is 16.0 Å². The number of ether oxygens (including phenoxy) is 2. The molecule has 1 aromatic carbocycles. The van der Waals surface area contributed by atoms with E-state index in [0.29, 0.717) is 0 Å². The smallest absolute Gasteiger partial charge is 0.408 e. The summed E-state index contributed by atoms with van der Waals surface area (Å²) in [5.74, 6) is -1.31. The Hall–Kier alpha value is -3.07. The van der Waals surface area contributed by atoms with Gasteiger partial charge in [-0.05, 0) is 31.2 Å². The van der Waals surface area contributed by atoms with Crippen LogP contribution in [-0.2, 0) is 20.9 Å². The SMILES string of the molecule is C1CCC(NC2CCCCC2)CC1.C=CCOC(=O)NC[C@@H](NC(=O)OCc1ccccc1)C(=O)O. The van der Waals surface area contributed by atoms with Gasteiger partial charge in [0.25, 0.3) is 0 Å². The van der Waals surface area contributed by atoms with Gasteiger partial charge >= 0.3 is 18.2 Å². The Kier molecular flexibility index (Phi) is 14.1. The first-order chi connectivity index (χ1) is 17.5. The fourth-order valence-corrected chi connectivity index (χ4v) is 4.35. The third-order valence-corrected chi connectivity index (χ3v) is 6.27. The van der Waals surface area contributed by atoms with E-state index in [2.05, 4.69) is 27.3 Å². The molecule has 0 spiro atoms. The van der Waals surface area contributed by atoms with Crippen LogP contribution in [0.25, 0.3) is 0 Å². The Labute approximate surface area is 214 Å². The van der Waals surface area contributed by atoms with Crippen LogP contribution >= 0.6 is 0 Å². The summed E-state index contributed by atoms with van der Waals surface area (Å²) in [4.78, 5) is 33.9. The van der Waals surface area contributed by atoms with Gasteiger partial charge in [-0.3, -0.25) is 0 Å². The summed E-state index contributed by atoms with van der Waals surface area (Å²) < 4.78 is 9.54. The lowest BCUT2D eigenvalue weighted by Gasteiger charge is -2.30. The molecular formula is C27H41N3O6. The summed E-state index contributed by atoms with van der Waals surface area (Å²) in [6, 6.07) is 9.33. The summed E-state index contributed by atoms with van der Waals surface area (Å²) in [7, 11) is 0. The van der Waals surface area contributed by atoms with Gasteiger partial charge in [0, 0.05) is 12.1 Å². The molecule has 0 radical (unpaired) electrons. The van der Waals surface area contributed by atoms with E-state index in [1.807, 2.05) is 6.07 Å². The minimum Gasteiger partial charge on any atom is -0.480 e. The molecule has 1 aromatic rings. The highest BCUT2D eigenvalue weighted by Gasteiger charge is 2.22. The number of carbonyl (C=O) groups is 3. The number of carboxylic acids is 1. The highest BCUT2D eigenvalue weighted by atomic mass is 16.6. The molecule has 0 aliphatic heterocycles. The number of hydrogen-bond donors (Lipinski definition) is 4.